The molecule has 0 N–H and O–H groups in total. The molecule has 0 aliphatic carbocycles. The van der Waals surface area contributed by atoms with Crippen LogP contribution in [-0.2, 0) is 22.4 Å². The highest BCUT2D eigenvalue weighted by Crippen LogP contribution is 2.32. The van der Waals surface area contributed by atoms with E-state index < -0.39 is 21.6 Å². The lowest BCUT2D eigenvalue weighted by atomic mass is 9.98. The average molecular weight is 481 g/mol. The van der Waals surface area contributed by atoms with Crippen LogP contribution in [0.5, 0.6) is 0 Å². The number of likely N-dealkylation sites (tertiary alicyclic amines) is 1. The molecule has 2 aliphatic rings. The summed E-state index contributed by atoms with van der Waals surface area (Å²) in [6.45, 7) is 2.68. The van der Waals surface area contributed by atoms with Crippen LogP contribution in [0.1, 0.15) is 40.7 Å². The van der Waals surface area contributed by atoms with E-state index in [-0.39, 0.29) is 16.7 Å². The van der Waals surface area contributed by atoms with E-state index in [2.05, 4.69) is 4.90 Å². The standard InChI is InChI=1S/C24H27F3N2O3S/c1-33(31,32)20-8-9-22(28-11-2-3-12-28)21(15-20)23(30)29-13-10-18(16-29)14-17-4-6-19(7-5-17)24(25,26)27/h4-9,15,18H,2-3,10-14,16H2,1H3. The summed E-state index contributed by atoms with van der Waals surface area (Å²) in [7, 11) is -3.46. The molecule has 1 unspecified atom stereocenters. The number of anilines is 1. The van der Waals surface area contributed by atoms with Gasteiger partial charge in [0.2, 0.25) is 0 Å². The number of alkyl halides is 3. The SMILES string of the molecule is CS(=O)(=O)c1ccc(N2CCCC2)c(C(=O)N2CCC(Cc3ccc(C(F)(F)F)cc3)C2)c1. The molecule has 2 heterocycles. The molecule has 1 amide bonds. The van der Waals surface area contributed by atoms with Gasteiger partial charge >= 0.3 is 6.18 Å². The van der Waals surface area contributed by atoms with E-state index in [9.17, 15) is 26.4 Å². The number of hydrogen-bond donors (Lipinski definition) is 0. The molecule has 0 spiro atoms. The average Bonchev–Trinajstić information content (AvgIpc) is 3.44. The Morgan fingerprint density at radius 2 is 1.70 bits per heavy atom. The third-order valence-corrected chi connectivity index (χ3v) is 7.56. The maximum atomic E-state index is 13.4. The van der Waals surface area contributed by atoms with E-state index in [4.69, 9.17) is 0 Å². The van der Waals surface area contributed by atoms with Crippen molar-refractivity contribution in [2.75, 3.05) is 37.3 Å². The lowest BCUT2D eigenvalue weighted by Gasteiger charge is -2.24. The van der Waals surface area contributed by atoms with Crippen molar-refractivity contribution in [3.05, 3.63) is 59.2 Å². The zero-order valence-corrected chi connectivity index (χ0v) is 19.3. The molecule has 0 bridgehead atoms. The highest BCUT2D eigenvalue weighted by Gasteiger charge is 2.32. The Morgan fingerprint density at radius 3 is 2.30 bits per heavy atom. The Labute approximate surface area is 192 Å². The van der Waals surface area contributed by atoms with Crippen LogP contribution < -0.4 is 4.90 Å². The Balaban J connectivity index is 1.50. The Morgan fingerprint density at radius 1 is 1.03 bits per heavy atom. The van der Waals surface area contributed by atoms with Crippen LogP contribution >= 0.6 is 0 Å². The molecule has 0 aromatic heterocycles. The molecule has 4 rings (SSSR count). The van der Waals surface area contributed by atoms with Gasteiger partial charge in [-0.3, -0.25) is 4.79 Å². The smallest absolute Gasteiger partial charge is 0.371 e. The van der Waals surface area contributed by atoms with Crippen LogP contribution in [0.4, 0.5) is 18.9 Å². The van der Waals surface area contributed by atoms with Crippen molar-refractivity contribution in [3.8, 4) is 0 Å². The Kier molecular flexibility index (Phi) is 6.44. The van der Waals surface area contributed by atoms with Gasteiger partial charge in [-0.15, -0.1) is 0 Å². The van der Waals surface area contributed by atoms with Crippen LogP contribution in [0.15, 0.2) is 47.4 Å². The van der Waals surface area contributed by atoms with E-state index >= 15 is 0 Å². The van der Waals surface area contributed by atoms with Crippen LogP contribution in [0.3, 0.4) is 0 Å². The second kappa shape index (κ2) is 9.00. The van der Waals surface area contributed by atoms with Crippen molar-refractivity contribution in [3.63, 3.8) is 0 Å². The number of benzene rings is 2. The molecule has 2 aromatic carbocycles. The molecular weight excluding hydrogens is 453 g/mol. The lowest BCUT2D eigenvalue weighted by molar-refractivity contribution is -0.137. The fraction of sp³-hybridized carbons (Fsp3) is 0.458. The summed E-state index contributed by atoms with van der Waals surface area (Å²) in [4.78, 5) is 17.4. The number of nitrogens with zero attached hydrogens (tertiary/aromatic N) is 2. The minimum Gasteiger partial charge on any atom is -0.371 e. The van der Waals surface area contributed by atoms with Crippen molar-refractivity contribution in [2.45, 2.75) is 36.8 Å². The van der Waals surface area contributed by atoms with E-state index in [1.165, 1.54) is 18.2 Å². The first kappa shape index (κ1) is 23.6. The maximum Gasteiger partial charge on any atom is 0.416 e. The van der Waals surface area contributed by atoms with Gasteiger partial charge in [0.05, 0.1) is 16.0 Å². The second-order valence-electron chi connectivity index (χ2n) is 8.95. The third-order valence-electron chi connectivity index (χ3n) is 6.45. The number of carbonyl (C=O) groups excluding carboxylic acids is 1. The summed E-state index contributed by atoms with van der Waals surface area (Å²) in [5.74, 6) is -0.0590. The molecule has 2 aromatic rings. The molecule has 9 heteroatoms. The van der Waals surface area contributed by atoms with E-state index in [1.54, 1.807) is 17.0 Å². The van der Waals surface area contributed by atoms with Gasteiger partial charge in [0.1, 0.15) is 0 Å². The fourth-order valence-corrected chi connectivity index (χ4v) is 5.32. The van der Waals surface area contributed by atoms with Crippen LogP contribution in [0.2, 0.25) is 0 Å². The van der Waals surface area contributed by atoms with Gasteiger partial charge in [-0.25, -0.2) is 8.42 Å². The zero-order chi connectivity index (χ0) is 23.8. The van der Waals surface area contributed by atoms with Crippen LogP contribution in [0, 0.1) is 5.92 Å². The number of amides is 1. The second-order valence-corrected chi connectivity index (χ2v) is 11.0. The molecule has 2 aliphatic heterocycles. The molecule has 1 atom stereocenters. The normalized spacial score (nSPS) is 19.3. The monoisotopic (exact) mass is 480 g/mol. The predicted octanol–water partition coefficient (Wildman–Crippen LogP) is 4.41. The van der Waals surface area contributed by atoms with Crippen LogP contribution in [-0.4, -0.2) is 51.7 Å². The van der Waals surface area contributed by atoms with Crippen molar-refractivity contribution >= 4 is 21.4 Å². The summed E-state index contributed by atoms with van der Waals surface area (Å²) >= 11 is 0. The topological polar surface area (TPSA) is 57.7 Å². The predicted molar refractivity (Wildman–Crippen MR) is 120 cm³/mol. The summed E-state index contributed by atoms with van der Waals surface area (Å²) in [6, 6.07) is 9.93. The summed E-state index contributed by atoms with van der Waals surface area (Å²) < 4.78 is 62.5. The first-order valence-corrected chi connectivity index (χ1v) is 13.0. The molecule has 0 radical (unpaired) electrons. The van der Waals surface area contributed by atoms with E-state index in [0.29, 0.717) is 25.1 Å². The minimum absolute atomic E-state index is 0.120. The van der Waals surface area contributed by atoms with Crippen molar-refractivity contribution in [2.24, 2.45) is 5.92 Å². The highest BCUT2D eigenvalue weighted by molar-refractivity contribution is 7.90. The molecular formula is C24H27F3N2O3S. The summed E-state index contributed by atoms with van der Waals surface area (Å²) in [6.07, 6.45) is 0.160. The molecule has 2 fully saturated rings. The molecule has 0 saturated carbocycles. The number of rotatable bonds is 5. The number of halogens is 3. The third kappa shape index (κ3) is 5.34. The number of sulfone groups is 1. The van der Waals surface area contributed by atoms with Gasteiger partial charge in [0, 0.05) is 38.1 Å². The molecule has 178 valence electrons. The first-order valence-electron chi connectivity index (χ1n) is 11.1. The van der Waals surface area contributed by atoms with Crippen molar-refractivity contribution < 1.29 is 26.4 Å². The molecule has 5 nitrogen and oxygen atoms in total. The van der Waals surface area contributed by atoms with Gasteiger partial charge in [-0.05, 0) is 67.5 Å². The Hall–Kier alpha value is -2.55. The first-order chi connectivity index (χ1) is 15.5. The highest BCUT2D eigenvalue weighted by atomic mass is 32.2. The number of carbonyl (C=O) groups is 1. The number of hydrogen-bond acceptors (Lipinski definition) is 4. The van der Waals surface area contributed by atoms with Crippen LogP contribution in [0.25, 0.3) is 0 Å². The minimum atomic E-state index is -4.36. The Bertz CT molecular complexity index is 1120. The fourth-order valence-electron chi connectivity index (χ4n) is 4.67. The quantitative estimate of drug-likeness (QED) is 0.636. The van der Waals surface area contributed by atoms with Gasteiger partial charge in [0.15, 0.2) is 9.84 Å². The molecule has 33 heavy (non-hydrogen) atoms. The largest absolute Gasteiger partial charge is 0.416 e. The van der Waals surface area contributed by atoms with Gasteiger partial charge in [-0.2, -0.15) is 13.2 Å². The zero-order valence-electron chi connectivity index (χ0n) is 18.4. The van der Waals surface area contributed by atoms with Gasteiger partial charge in [-0.1, -0.05) is 12.1 Å². The maximum absolute atomic E-state index is 13.4. The molecule has 2 saturated heterocycles. The van der Waals surface area contributed by atoms with Crippen molar-refractivity contribution in [1.29, 1.82) is 0 Å². The van der Waals surface area contributed by atoms with Gasteiger partial charge in [0.25, 0.3) is 5.91 Å². The summed E-state index contributed by atoms with van der Waals surface area (Å²) in [5, 5.41) is 0. The lowest BCUT2D eigenvalue weighted by Crippen LogP contribution is -2.31. The van der Waals surface area contributed by atoms with E-state index in [0.717, 1.165) is 62.0 Å². The summed E-state index contributed by atoms with van der Waals surface area (Å²) in [5.41, 5.74) is 1.29. The van der Waals surface area contributed by atoms with Gasteiger partial charge < -0.3 is 9.80 Å². The van der Waals surface area contributed by atoms with E-state index in [1.807, 2.05) is 0 Å². The van der Waals surface area contributed by atoms with Crippen molar-refractivity contribution in [1.82, 2.24) is 4.90 Å².